The summed E-state index contributed by atoms with van der Waals surface area (Å²) in [5.41, 5.74) is 1.96. The first-order valence-electron chi connectivity index (χ1n) is 8.28. The van der Waals surface area contributed by atoms with Crippen molar-refractivity contribution in [2.75, 3.05) is 0 Å². The van der Waals surface area contributed by atoms with Gasteiger partial charge in [0, 0.05) is 12.6 Å². The van der Waals surface area contributed by atoms with Crippen molar-refractivity contribution >= 4 is 11.6 Å². The number of aryl methyl sites for hydroxylation is 1. The molecule has 1 unspecified atom stereocenters. The van der Waals surface area contributed by atoms with Crippen LogP contribution in [-0.2, 0) is 11.2 Å². The third-order valence-corrected chi connectivity index (χ3v) is 4.08. The van der Waals surface area contributed by atoms with Gasteiger partial charge in [0.1, 0.15) is 0 Å². The molecule has 124 valence electrons. The zero-order valence-electron chi connectivity index (χ0n) is 14.0. The molecule has 1 atom stereocenters. The summed E-state index contributed by atoms with van der Waals surface area (Å²) in [7, 11) is 0. The van der Waals surface area contributed by atoms with Gasteiger partial charge in [0.25, 0.3) is 0 Å². The number of pyridine rings is 1. The molecule has 5 heteroatoms. The molecule has 0 fully saturated rings. The first-order valence-corrected chi connectivity index (χ1v) is 8.28. The Kier molecular flexibility index (Phi) is 4.89. The maximum absolute atomic E-state index is 12.4. The number of rotatable bonds is 6. The second-order valence-electron chi connectivity index (χ2n) is 6.26. The summed E-state index contributed by atoms with van der Waals surface area (Å²) in [5, 5.41) is 11.6. The van der Waals surface area contributed by atoms with Crippen LogP contribution in [0.3, 0.4) is 0 Å². The Morgan fingerprint density at radius 2 is 1.83 bits per heavy atom. The fraction of sp³-hybridized carbons (Fsp3) is 0.316. The Bertz CT molecular complexity index is 810. The highest BCUT2D eigenvalue weighted by Gasteiger charge is 2.23. The van der Waals surface area contributed by atoms with E-state index in [9.17, 15) is 4.79 Å². The summed E-state index contributed by atoms with van der Waals surface area (Å²) >= 11 is 0. The predicted molar refractivity (Wildman–Crippen MR) is 93.5 cm³/mol. The average Bonchev–Trinajstić information content (AvgIpc) is 3.02. The minimum Gasteiger partial charge on any atom is -0.346 e. The van der Waals surface area contributed by atoms with E-state index in [0.29, 0.717) is 6.42 Å². The van der Waals surface area contributed by atoms with Gasteiger partial charge in [-0.3, -0.25) is 9.20 Å². The van der Waals surface area contributed by atoms with Crippen molar-refractivity contribution in [2.24, 2.45) is 5.92 Å². The lowest BCUT2D eigenvalue weighted by Gasteiger charge is -2.21. The van der Waals surface area contributed by atoms with Gasteiger partial charge in [-0.05, 0) is 30.0 Å². The Labute approximate surface area is 141 Å². The Morgan fingerprint density at radius 1 is 1.08 bits per heavy atom. The van der Waals surface area contributed by atoms with Crippen LogP contribution in [0.4, 0.5) is 0 Å². The number of carbonyl (C=O) groups excluding carboxylic acids is 1. The summed E-state index contributed by atoms with van der Waals surface area (Å²) < 4.78 is 1.93. The highest BCUT2D eigenvalue weighted by Crippen LogP contribution is 2.21. The van der Waals surface area contributed by atoms with Crippen LogP contribution < -0.4 is 5.32 Å². The zero-order chi connectivity index (χ0) is 16.9. The Hall–Kier alpha value is -2.69. The van der Waals surface area contributed by atoms with Crippen molar-refractivity contribution in [3.63, 3.8) is 0 Å². The van der Waals surface area contributed by atoms with Crippen molar-refractivity contribution in [2.45, 2.75) is 32.7 Å². The molecule has 5 nitrogen and oxygen atoms in total. The lowest BCUT2D eigenvalue weighted by atomic mass is 10.0. The number of nitrogens with zero attached hydrogens (tertiary/aromatic N) is 3. The van der Waals surface area contributed by atoms with E-state index in [-0.39, 0.29) is 17.9 Å². The normalized spacial score (nSPS) is 12.5. The highest BCUT2D eigenvalue weighted by atomic mass is 16.1. The summed E-state index contributed by atoms with van der Waals surface area (Å²) in [4.78, 5) is 12.4. The standard InChI is InChI=1S/C19H22N4O/c1-14(2)18(19-22-21-16-10-6-7-13-23(16)19)20-17(24)12-11-15-8-4-3-5-9-15/h3-10,13-14,18H,11-12H2,1-2H3,(H,20,24). The lowest BCUT2D eigenvalue weighted by Crippen LogP contribution is -2.33. The van der Waals surface area contributed by atoms with E-state index in [4.69, 9.17) is 0 Å². The molecule has 0 saturated carbocycles. The molecule has 0 spiro atoms. The number of amides is 1. The monoisotopic (exact) mass is 322 g/mol. The molecule has 0 saturated heterocycles. The van der Waals surface area contributed by atoms with Crippen LogP contribution in [0.5, 0.6) is 0 Å². The van der Waals surface area contributed by atoms with Crippen molar-refractivity contribution in [1.29, 1.82) is 0 Å². The number of fused-ring (bicyclic) bond motifs is 1. The molecular formula is C19H22N4O. The molecule has 0 radical (unpaired) electrons. The van der Waals surface area contributed by atoms with Crippen molar-refractivity contribution in [1.82, 2.24) is 19.9 Å². The van der Waals surface area contributed by atoms with E-state index in [1.54, 1.807) is 0 Å². The fourth-order valence-electron chi connectivity index (χ4n) is 2.75. The predicted octanol–water partition coefficient (Wildman–Crippen LogP) is 3.18. The van der Waals surface area contributed by atoms with Crippen LogP contribution in [0.1, 0.15) is 37.7 Å². The molecule has 1 N–H and O–H groups in total. The maximum atomic E-state index is 12.4. The van der Waals surface area contributed by atoms with Gasteiger partial charge in [-0.15, -0.1) is 10.2 Å². The van der Waals surface area contributed by atoms with Crippen LogP contribution in [0.2, 0.25) is 0 Å². The van der Waals surface area contributed by atoms with Gasteiger partial charge < -0.3 is 5.32 Å². The highest BCUT2D eigenvalue weighted by molar-refractivity contribution is 5.76. The summed E-state index contributed by atoms with van der Waals surface area (Å²) in [6.07, 6.45) is 3.12. The molecule has 2 aromatic heterocycles. The minimum absolute atomic E-state index is 0.0326. The molecule has 24 heavy (non-hydrogen) atoms. The SMILES string of the molecule is CC(C)C(NC(=O)CCc1ccccc1)c1nnc2ccccn12. The number of aromatic nitrogens is 3. The first kappa shape index (κ1) is 16.2. The number of benzene rings is 1. The summed E-state index contributed by atoms with van der Waals surface area (Å²) in [6, 6.07) is 15.7. The van der Waals surface area contributed by atoms with Crippen LogP contribution in [0.15, 0.2) is 54.7 Å². The molecule has 3 rings (SSSR count). The molecular weight excluding hydrogens is 300 g/mol. The van der Waals surface area contributed by atoms with E-state index < -0.39 is 0 Å². The molecule has 0 bridgehead atoms. The van der Waals surface area contributed by atoms with Crippen molar-refractivity contribution in [3.8, 4) is 0 Å². The first-order chi connectivity index (χ1) is 11.6. The number of carbonyl (C=O) groups is 1. The minimum atomic E-state index is -0.161. The summed E-state index contributed by atoms with van der Waals surface area (Å²) in [5.74, 6) is 1.03. The molecule has 1 aromatic carbocycles. The number of hydrogen-bond donors (Lipinski definition) is 1. The molecule has 1 amide bonds. The van der Waals surface area contributed by atoms with Crippen LogP contribution in [0.25, 0.3) is 5.65 Å². The van der Waals surface area contributed by atoms with Gasteiger partial charge in [-0.1, -0.05) is 50.2 Å². The summed E-state index contributed by atoms with van der Waals surface area (Å²) in [6.45, 7) is 4.15. The largest absolute Gasteiger partial charge is 0.346 e. The smallest absolute Gasteiger partial charge is 0.220 e. The topological polar surface area (TPSA) is 59.3 Å². The molecule has 0 aliphatic heterocycles. The molecule has 0 aliphatic rings. The maximum Gasteiger partial charge on any atom is 0.220 e. The van der Waals surface area contributed by atoms with Crippen LogP contribution in [0, 0.1) is 5.92 Å². The van der Waals surface area contributed by atoms with Gasteiger partial charge >= 0.3 is 0 Å². The molecule has 2 heterocycles. The van der Waals surface area contributed by atoms with E-state index in [0.717, 1.165) is 17.9 Å². The number of nitrogens with one attached hydrogen (secondary N) is 1. The van der Waals surface area contributed by atoms with Crippen molar-refractivity contribution < 1.29 is 4.79 Å². The van der Waals surface area contributed by atoms with E-state index in [1.807, 2.05) is 59.1 Å². The molecule has 3 aromatic rings. The van der Waals surface area contributed by atoms with E-state index >= 15 is 0 Å². The van der Waals surface area contributed by atoms with Crippen molar-refractivity contribution in [3.05, 3.63) is 66.1 Å². The van der Waals surface area contributed by atoms with Gasteiger partial charge in [0.2, 0.25) is 5.91 Å². The third kappa shape index (κ3) is 3.62. The van der Waals surface area contributed by atoms with E-state index in [2.05, 4.69) is 29.4 Å². The van der Waals surface area contributed by atoms with Gasteiger partial charge in [-0.2, -0.15) is 0 Å². The van der Waals surface area contributed by atoms with Crippen LogP contribution in [-0.4, -0.2) is 20.5 Å². The van der Waals surface area contributed by atoms with Crippen LogP contribution >= 0.6 is 0 Å². The molecule has 0 aliphatic carbocycles. The number of hydrogen-bond acceptors (Lipinski definition) is 3. The van der Waals surface area contributed by atoms with E-state index in [1.165, 1.54) is 5.56 Å². The second-order valence-corrected chi connectivity index (χ2v) is 6.26. The second kappa shape index (κ2) is 7.25. The third-order valence-electron chi connectivity index (χ3n) is 4.08. The van der Waals surface area contributed by atoms with Gasteiger partial charge in [0.05, 0.1) is 6.04 Å². The van der Waals surface area contributed by atoms with Gasteiger partial charge in [0.15, 0.2) is 11.5 Å². The quantitative estimate of drug-likeness (QED) is 0.758. The lowest BCUT2D eigenvalue weighted by molar-refractivity contribution is -0.122. The van der Waals surface area contributed by atoms with Gasteiger partial charge in [-0.25, -0.2) is 0 Å². The zero-order valence-corrected chi connectivity index (χ0v) is 14.0. The fourth-order valence-corrected chi connectivity index (χ4v) is 2.75. The Morgan fingerprint density at radius 3 is 2.58 bits per heavy atom. The Balaban J connectivity index is 1.71. The average molecular weight is 322 g/mol.